The first-order valence-electron chi connectivity index (χ1n) is 7.46. The lowest BCUT2D eigenvalue weighted by Crippen LogP contribution is -2.45. The molecule has 1 amide bonds. The summed E-state index contributed by atoms with van der Waals surface area (Å²) < 4.78 is 5.20. The van der Waals surface area contributed by atoms with Crippen molar-refractivity contribution < 1.29 is 19.4 Å². The molecule has 1 rings (SSSR count). The molecule has 0 aromatic heterocycles. The molecule has 0 heterocycles. The van der Waals surface area contributed by atoms with Gasteiger partial charge in [0.25, 0.3) is 0 Å². The molecule has 0 aliphatic rings. The maximum atomic E-state index is 12.2. The zero-order valence-electron chi connectivity index (χ0n) is 13.9. The molecule has 0 saturated heterocycles. The van der Waals surface area contributed by atoms with Gasteiger partial charge in [-0.3, -0.25) is 4.79 Å². The Bertz CT molecular complexity index is 531. The van der Waals surface area contributed by atoms with Gasteiger partial charge in [-0.25, -0.2) is 4.79 Å². The molecular formula is C17H25NO4. The molecule has 0 aliphatic heterocycles. The third-order valence-electron chi connectivity index (χ3n) is 4.04. The highest BCUT2D eigenvalue weighted by Crippen LogP contribution is 2.22. The average Bonchev–Trinajstić information content (AvgIpc) is 2.47. The first-order valence-corrected chi connectivity index (χ1v) is 7.46. The molecule has 0 radical (unpaired) electrons. The number of carboxylic acid groups (broad SMARTS) is 1. The number of aryl methyl sites for hydroxylation is 2. The van der Waals surface area contributed by atoms with E-state index in [1.54, 1.807) is 7.11 Å². The van der Waals surface area contributed by atoms with Crippen molar-refractivity contribution in [2.75, 3.05) is 7.11 Å². The minimum absolute atomic E-state index is 0.112. The molecule has 0 saturated carbocycles. The van der Waals surface area contributed by atoms with E-state index in [2.05, 4.69) is 5.32 Å². The van der Waals surface area contributed by atoms with Gasteiger partial charge in [-0.1, -0.05) is 20.3 Å². The van der Waals surface area contributed by atoms with Crippen molar-refractivity contribution >= 4 is 11.9 Å². The summed E-state index contributed by atoms with van der Waals surface area (Å²) in [4.78, 5) is 23.5. The molecule has 2 atom stereocenters. The highest BCUT2D eigenvalue weighted by Gasteiger charge is 2.25. The molecule has 1 aromatic rings. The summed E-state index contributed by atoms with van der Waals surface area (Å²) in [7, 11) is 1.60. The highest BCUT2D eigenvalue weighted by atomic mass is 16.5. The Kier molecular flexibility index (Phi) is 6.40. The van der Waals surface area contributed by atoms with Crippen molar-refractivity contribution in [3.63, 3.8) is 0 Å². The Morgan fingerprint density at radius 2 is 1.82 bits per heavy atom. The Morgan fingerprint density at radius 3 is 2.23 bits per heavy atom. The highest BCUT2D eigenvalue weighted by molar-refractivity contribution is 5.85. The SMILES string of the molecule is CC[C@H](C)[C@H](NC(=O)Cc1c(C)cc(OC)cc1C)C(=O)O. The van der Waals surface area contributed by atoms with E-state index < -0.39 is 12.0 Å². The Hall–Kier alpha value is -2.04. The molecule has 5 nitrogen and oxygen atoms in total. The predicted molar refractivity (Wildman–Crippen MR) is 85.2 cm³/mol. The number of carbonyl (C=O) groups excluding carboxylic acids is 1. The minimum atomic E-state index is -0.995. The molecule has 2 N–H and O–H groups in total. The van der Waals surface area contributed by atoms with Crippen molar-refractivity contribution in [1.29, 1.82) is 0 Å². The number of aliphatic carboxylic acids is 1. The van der Waals surface area contributed by atoms with Crippen LogP contribution in [-0.2, 0) is 16.0 Å². The summed E-state index contributed by atoms with van der Waals surface area (Å²) in [5, 5.41) is 11.9. The molecule has 0 aliphatic carbocycles. The van der Waals surface area contributed by atoms with E-state index in [1.807, 2.05) is 39.8 Å². The lowest BCUT2D eigenvalue weighted by atomic mass is 9.97. The van der Waals surface area contributed by atoms with E-state index in [4.69, 9.17) is 4.74 Å². The lowest BCUT2D eigenvalue weighted by Gasteiger charge is -2.21. The summed E-state index contributed by atoms with van der Waals surface area (Å²) in [6.07, 6.45) is 0.861. The summed E-state index contributed by atoms with van der Waals surface area (Å²) in [5.41, 5.74) is 2.83. The molecular weight excluding hydrogens is 282 g/mol. The molecule has 122 valence electrons. The number of benzene rings is 1. The normalized spacial score (nSPS) is 13.3. The minimum Gasteiger partial charge on any atom is -0.497 e. The Morgan fingerprint density at radius 1 is 1.27 bits per heavy atom. The average molecular weight is 307 g/mol. The fourth-order valence-electron chi connectivity index (χ4n) is 2.42. The van der Waals surface area contributed by atoms with Crippen LogP contribution >= 0.6 is 0 Å². The smallest absolute Gasteiger partial charge is 0.326 e. The van der Waals surface area contributed by atoms with Crippen LogP contribution in [0.25, 0.3) is 0 Å². The molecule has 0 unspecified atom stereocenters. The predicted octanol–water partition coefficient (Wildman–Crippen LogP) is 2.47. The van der Waals surface area contributed by atoms with Gasteiger partial charge in [-0.2, -0.15) is 0 Å². The number of carbonyl (C=O) groups is 2. The van der Waals surface area contributed by atoms with Crippen LogP contribution in [0.1, 0.15) is 37.0 Å². The Balaban J connectivity index is 2.87. The van der Waals surface area contributed by atoms with Gasteiger partial charge in [0.2, 0.25) is 5.91 Å². The van der Waals surface area contributed by atoms with E-state index in [0.29, 0.717) is 6.42 Å². The second-order valence-electron chi connectivity index (χ2n) is 5.69. The largest absolute Gasteiger partial charge is 0.497 e. The molecule has 22 heavy (non-hydrogen) atoms. The van der Waals surface area contributed by atoms with E-state index in [1.165, 1.54) is 0 Å². The quantitative estimate of drug-likeness (QED) is 0.811. The van der Waals surface area contributed by atoms with Gasteiger partial charge >= 0.3 is 5.97 Å². The van der Waals surface area contributed by atoms with Crippen molar-refractivity contribution in [1.82, 2.24) is 5.32 Å². The zero-order valence-corrected chi connectivity index (χ0v) is 13.9. The van der Waals surface area contributed by atoms with Crippen LogP contribution in [0.5, 0.6) is 5.75 Å². The third kappa shape index (κ3) is 4.48. The molecule has 1 aromatic carbocycles. The second-order valence-corrected chi connectivity index (χ2v) is 5.69. The monoisotopic (exact) mass is 307 g/mol. The third-order valence-corrected chi connectivity index (χ3v) is 4.04. The Labute approximate surface area is 131 Å². The number of methoxy groups -OCH3 is 1. The maximum absolute atomic E-state index is 12.2. The van der Waals surface area contributed by atoms with Crippen LogP contribution in [-0.4, -0.2) is 30.1 Å². The van der Waals surface area contributed by atoms with Crippen molar-refractivity contribution in [2.24, 2.45) is 5.92 Å². The van der Waals surface area contributed by atoms with Gasteiger partial charge in [0, 0.05) is 0 Å². The van der Waals surface area contributed by atoms with Crippen LogP contribution in [0.3, 0.4) is 0 Å². The van der Waals surface area contributed by atoms with E-state index in [0.717, 1.165) is 22.4 Å². The summed E-state index contributed by atoms with van der Waals surface area (Å²) >= 11 is 0. The number of hydrogen-bond donors (Lipinski definition) is 2. The van der Waals surface area contributed by atoms with Crippen LogP contribution in [0.15, 0.2) is 12.1 Å². The maximum Gasteiger partial charge on any atom is 0.326 e. The van der Waals surface area contributed by atoms with Crippen molar-refractivity contribution in [2.45, 2.75) is 46.6 Å². The zero-order chi connectivity index (χ0) is 16.9. The summed E-state index contributed by atoms with van der Waals surface area (Å²) in [6.45, 7) is 7.57. The van der Waals surface area contributed by atoms with Gasteiger partial charge < -0.3 is 15.2 Å². The first-order chi connectivity index (χ1) is 10.3. The number of ether oxygens (including phenoxy) is 1. The van der Waals surface area contributed by atoms with Crippen molar-refractivity contribution in [3.8, 4) is 5.75 Å². The standard InChI is InChI=1S/C17H25NO4/c1-6-10(2)16(17(20)21)18-15(19)9-14-11(3)7-13(22-5)8-12(14)4/h7-8,10,16H,6,9H2,1-5H3,(H,18,19)(H,20,21)/t10-,16-/m0/s1. The van der Waals surface area contributed by atoms with E-state index in [9.17, 15) is 14.7 Å². The lowest BCUT2D eigenvalue weighted by molar-refractivity contribution is -0.143. The summed E-state index contributed by atoms with van der Waals surface area (Å²) in [6, 6.07) is 2.90. The van der Waals surface area contributed by atoms with Gasteiger partial charge in [0.15, 0.2) is 0 Å². The fraction of sp³-hybridized carbons (Fsp3) is 0.529. The number of amides is 1. The first kappa shape index (κ1) is 18.0. The number of hydrogen-bond acceptors (Lipinski definition) is 3. The molecule has 0 spiro atoms. The van der Waals surface area contributed by atoms with Crippen LogP contribution in [0.4, 0.5) is 0 Å². The van der Waals surface area contributed by atoms with Gasteiger partial charge in [-0.05, 0) is 48.6 Å². The van der Waals surface area contributed by atoms with Gasteiger partial charge in [0.05, 0.1) is 13.5 Å². The van der Waals surface area contributed by atoms with Crippen LogP contribution in [0, 0.1) is 19.8 Å². The van der Waals surface area contributed by atoms with Crippen LogP contribution < -0.4 is 10.1 Å². The molecule has 5 heteroatoms. The molecule has 0 bridgehead atoms. The van der Waals surface area contributed by atoms with E-state index >= 15 is 0 Å². The van der Waals surface area contributed by atoms with E-state index in [-0.39, 0.29) is 18.2 Å². The van der Waals surface area contributed by atoms with Crippen LogP contribution in [0.2, 0.25) is 0 Å². The van der Waals surface area contributed by atoms with Gasteiger partial charge in [0.1, 0.15) is 11.8 Å². The second kappa shape index (κ2) is 7.82. The fourth-order valence-corrected chi connectivity index (χ4v) is 2.42. The van der Waals surface area contributed by atoms with Crippen molar-refractivity contribution in [3.05, 3.63) is 28.8 Å². The molecule has 0 fully saturated rings. The number of rotatable bonds is 7. The van der Waals surface area contributed by atoms with Gasteiger partial charge in [-0.15, -0.1) is 0 Å². The summed E-state index contributed by atoms with van der Waals surface area (Å²) in [5.74, 6) is -0.628. The number of nitrogens with one attached hydrogen (secondary N) is 1. The number of carboxylic acids is 1. The topological polar surface area (TPSA) is 75.6 Å².